The van der Waals surface area contributed by atoms with Crippen LogP contribution in [-0.2, 0) is 0 Å². The van der Waals surface area contributed by atoms with Crippen molar-refractivity contribution in [3.8, 4) is 11.5 Å². The maximum atomic E-state index is 13.7. The van der Waals surface area contributed by atoms with Crippen molar-refractivity contribution in [2.24, 2.45) is 0 Å². The number of ether oxygens (including phenoxy) is 1. The zero-order valence-corrected chi connectivity index (χ0v) is 10.3. The third-order valence-corrected chi connectivity index (χ3v) is 2.78. The number of fused-ring (bicyclic) bond motifs is 1. The molecule has 0 radical (unpaired) electrons. The SMILES string of the molecule is Cc1cc(Oc2ccc(N)cc2F)c2ccnn2c1. The molecule has 0 amide bonds. The summed E-state index contributed by atoms with van der Waals surface area (Å²) < 4.78 is 21.1. The van der Waals surface area contributed by atoms with Crippen molar-refractivity contribution >= 4 is 11.2 Å². The van der Waals surface area contributed by atoms with E-state index < -0.39 is 5.82 Å². The zero-order chi connectivity index (χ0) is 13.4. The van der Waals surface area contributed by atoms with Gasteiger partial charge in [0.15, 0.2) is 17.3 Å². The van der Waals surface area contributed by atoms with Crippen molar-refractivity contribution in [2.45, 2.75) is 6.92 Å². The van der Waals surface area contributed by atoms with E-state index in [0.717, 1.165) is 11.1 Å². The predicted molar refractivity (Wildman–Crippen MR) is 70.8 cm³/mol. The minimum atomic E-state index is -0.487. The summed E-state index contributed by atoms with van der Waals surface area (Å²) in [5.41, 5.74) is 7.63. The maximum absolute atomic E-state index is 13.7. The number of rotatable bonds is 2. The van der Waals surface area contributed by atoms with Crippen molar-refractivity contribution in [3.05, 3.63) is 54.1 Å². The largest absolute Gasteiger partial charge is 0.452 e. The molecule has 2 N–H and O–H groups in total. The summed E-state index contributed by atoms with van der Waals surface area (Å²) in [4.78, 5) is 0. The molecule has 0 aliphatic heterocycles. The highest BCUT2D eigenvalue weighted by Crippen LogP contribution is 2.29. The van der Waals surface area contributed by atoms with E-state index in [2.05, 4.69) is 5.10 Å². The van der Waals surface area contributed by atoms with Crippen LogP contribution in [0.15, 0.2) is 42.7 Å². The molecule has 0 fully saturated rings. The number of aromatic nitrogens is 2. The molecule has 0 unspecified atom stereocenters. The molecule has 0 saturated carbocycles. The Bertz CT molecular complexity index is 752. The first-order valence-electron chi connectivity index (χ1n) is 5.80. The number of anilines is 1. The highest BCUT2D eigenvalue weighted by Gasteiger charge is 2.09. The molecule has 2 aromatic heterocycles. The van der Waals surface area contributed by atoms with Crippen LogP contribution in [0.25, 0.3) is 5.52 Å². The molecular formula is C14H12FN3O. The first-order chi connectivity index (χ1) is 9.13. The number of pyridine rings is 1. The van der Waals surface area contributed by atoms with Gasteiger partial charge >= 0.3 is 0 Å². The van der Waals surface area contributed by atoms with Crippen LogP contribution in [0, 0.1) is 12.7 Å². The summed E-state index contributed by atoms with van der Waals surface area (Å²) >= 11 is 0. The molecule has 0 atom stereocenters. The summed E-state index contributed by atoms with van der Waals surface area (Å²) in [7, 11) is 0. The highest BCUT2D eigenvalue weighted by atomic mass is 19.1. The van der Waals surface area contributed by atoms with Crippen LogP contribution in [0.1, 0.15) is 5.56 Å². The highest BCUT2D eigenvalue weighted by molar-refractivity contribution is 5.61. The average Bonchev–Trinajstić information content (AvgIpc) is 2.80. The Hall–Kier alpha value is -2.56. The van der Waals surface area contributed by atoms with Crippen LogP contribution < -0.4 is 10.5 Å². The number of benzene rings is 1. The smallest absolute Gasteiger partial charge is 0.167 e. The molecule has 4 nitrogen and oxygen atoms in total. The van der Waals surface area contributed by atoms with Gasteiger partial charge in [-0.3, -0.25) is 0 Å². The monoisotopic (exact) mass is 257 g/mol. The molecule has 3 rings (SSSR count). The maximum Gasteiger partial charge on any atom is 0.167 e. The Kier molecular flexibility index (Phi) is 2.59. The fourth-order valence-electron chi connectivity index (χ4n) is 1.92. The van der Waals surface area contributed by atoms with Crippen LogP contribution in [0.4, 0.5) is 10.1 Å². The van der Waals surface area contributed by atoms with Crippen molar-refractivity contribution in [1.82, 2.24) is 9.61 Å². The Morgan fingerprint density at radius 1 is 1.21 bits per heavy atom. The average molecular weight is 257 g/mol. The zero-order valence-electron chi connectivity index (χ0n) is 10.3. The van der Waals surface area contributed by atoms with Crippen LogP contribution in [0.5, 0.6) is 11.5 Å². The Morgan fingerprint density at radius 2 is 2.05 bits per heavy atom. The van der Waals surface area contributed by atoms with Gasteiger partial charge in [-0.1, -0.05) is 0 Å². The number of halogens is 1. The van der Waals surface area contributed by atoms with Gasteiger partial charge in [0.25, 0.3) is 0 Å². The number of hydrogen-bond donors (Lipinski definition) is 1. The van der Waals surface area contributed by atoms with E-state index in [4.69, 9.17) is 10.5 Å². The van der Waals surface area contributed by atoms with Gasteiger partial charge in [-0.25, -0.2) is 8.91 Å². The van der Waals surface area contributed by atoms with Crippen molar-refractivity contribution in [2.75, 3.05) is 5.73 Å². The fourth-order valence-corrected chi connectivity index (χ4v) is 1.92. The third kappa shape index (κ3) is 2.10. The van der Waals surface area contributed by atoms with Crippen molar-refractivity contribution in [3.63, 3.8) is 0 Å². The van der Waals surface area contributed by atoms with Gasteiger partial charge in [-0.2, -0.15) is 5.10 Å². The second-order valence-corrected chi connectivity index (χ2v) is 4.33. The second-order valence-electron chi connectivity index (χ2n) is 4.33. The molecule has 0 spiro atoms. The van der Waals surface area contributed by atoms with E-state index in [1.54, 1.807) is 16.8 Å². The Balaban J connectivity index is 2.07. The normalized spacial score (nSPS) is 10.8. The second kappa shape index (κ2) is 4.28. The van der Waals surface area contributed by atoms with Gasteiger partial charge in [-0.15, -0.1) is 0 Å². The lowest BCUT2D eigenvalue weighted by Crippen LogP contribution is -1.95. The van der Waals surface area contributed by atoms with Crippen LogP contribution in [0.2, 0.25) is 0 Å². The summed E-state index contributed by atoms with van der Waals surface area (Å²) in [6.45, 7) is 1.92. The molecule has 5 heteroatoms. The van der Waals surface area contributed by atoms with E-state index >= 15 is 0 Å². The standard InChI is InChI=1S/C14H12FN3O/c1-9-6-14(12-4-5-17-18(12)8-9)19-13-3-2-10(16)7-11(13)15/h2-8H,16H2,1H3. The topological polar surface area (TPSA) is 52.5 Å². The van der Waals surface area contributed by atoms with Gasteiger partial charge in [0, 0.05) is 18.0 Å². The minimum absolute atomic E-state index is 0.142. The lowest BCUT2D eigenvalue weighted by molar-refractivity contribution is 0.444. The number of hydrogen-bond acceptors (Lipinski definition) is 3. The summed E-state index contributed by atoms with van der Waals surface area (Å²) in [6.07, 6.45) is 3.54. The molecule has 3 aromatic rings. The molecule has 96 valence electrons. The lowest BCUT2D eigenvalue weighted by Gasteiger charge is -2.09. The van der Waals surface area contributed by atoms with E-state index in [-0.39, 0.29) is 5.75 Å². The summed E-state index contributed by atoms with van der Waals surface area (Å²) in [5.74, 6) is 0.211. The molecule has 0 saturated heterocycles. The third-order valence-electron chi connectivity index (χ3n) is 2.78. The predicted octanol–water partition coefficient (Wildman–Crippen LogP) is 3.16. The first kappa shape index (κ1) is 11.5. The van der Waals surface area contributed by atoms with Crippen LogP contribution in [-0.4, -0.2) is 9.61 Å². The molecule has 19 heavy (non-hydrogen) atoms. The fraction of sp³-hybridized carbons (Fsp3) is 0.0714. The molecular weight excluding hydrogens is 245 g/mol. The van der Waals surface area contributed by atoms with E-state index in [9.17, 15) is 4.39 Å². The van der Waals surface area contributed by atoms with Gasteiger partial charge in [0.2, 0.25) is 0 Å². The first-order valence-corrected chi connectivity index (χ1v) is 5.80. The summed E-state index contributed by atoms with van der Waals surface area (Å²) in [5, 5.41) is 4.14. The number of nitrogen functional groups attached to an aromatic ring is 1. The van der Waals surface area contributed by atoms with Gasteiger partial charge < -0.3 is 10.5 Å². The number of nitrogens with zero attached hydrogens (tertiary/aromatic N) is 2. The number of nitrogens with two attached hydrogens (primary N) is 1. The van der Waals surface area contributed by atoms with E-state index in [1.165, 1.54) is 12.1 Å². The van der Waals surface area contributed by atoms with Gasteiger partial charge in [-0.05, 0) is 36.8 Å². The Morgan fingerprint density at radius 3 is 2.84 bits per heavy atom. The molecule has 2 heterocycles. The van der Waals surface area contributed by atoms with E-state index in [1.807, 2.05) is 25.3 Å². The lowest BCUT2D eigenvalue weighted by atomic mass is 10.2. The van der Waals surface area contributed by atoms with Gasteiger partial charge in [0.1, 0.15) is 5.52 Å². The molecule has 0 aliphatic rings. The summed E-state index contributed by atoms with van der Waals surface area (Å²) in [6, 6.07) is 8.00. The Labute approximate surface area is 109 Å². The molecule has 0 aliphatic carbocycles. The van der Waals surface area contributed by atoms with Crippen molar-refractivity contribution < 1.29 is 9.13 Å². The van der Waals surface area contributed by atoms with E-state index in [0.29, 0.717) is 11.4 Å². The van der Waals surface area contributed by atoms with Crippen LogP contribution in [0.3, 0.4) is 0 Å². The number of aryl methyl sites for hydroxylation is 1. The van der Waals surface area contributed by atoms with Gasteiger partial charge in [0.05, 0.1) is 6.20 Å². The van der Waals surface area contributed by atoms with Crippen LogP contribution >= 0.6 is 0 Å². The minimum Gasteiger partial charge on any atom is -0.452 e. The molecule has 0 bridgehead atoms. The molecule has 1 aromatic carbocycles. The quantitative estimate of drug-likeness (QED) is 0.717. The van der Waals surface area contributed by atoms with Crippen molar-refractivity contribution in [1.29, 1.82) is 0 Å².